The van der Waals surface area contributed by atoms with Gasteiger partial charge in [0.1, 0.15) is 17.3 Å². The van der Waals surface area contributed by atoms with E-state index in [-0.39, 0.29) is 42.1 Å². The van der Waals surface area contributed by atoms with Crippen LogP contribution in [0.3, 0.4) is 0 Å². The lowest BCUT2D eigenvalue weighted by Gasteiger charge is -2.30. The molecule has 0 saturated carbocycles. The smallest absolute Gasteiger partial charge is 0.242 e. The Morgan fingerprint density at radius 2 is 1.61 bits per heavy atom. The van der Waals surface area contributed by atoms with Crippen molar-refractivity contribution in [2.24, 2.45) is 11.3 Å². The first kappa shape index (κ1) is 24.6. The second-order valence-electron chi connectivity index (χ2n) is 9.79. The van der Waals surface area contributed by atoms with E-state index in [0.29, 0.717) is 25.3 Å². The Kier molecular flexibility index (Phi) is 8.43. The number of hydrogen-bond donors (Lipinski definition) is 0. The van der Waals surface area contributed by atoms with Crippen LogP contribution >= 0.6 is 0 Å². The van der Waals surface area contributed by atoms with Crippen molar-refractivity contribution in [2.45, 2.75) is 61.1 Å². The molecule has 1 heterocycles. The SMILES string of the molecule is Cc1ccc(CN(Cc2ccc(F)cc2)C(=O)CN(CC(C)C)C(=O)CC(C)(C)C)o1. The van der Waals surface area contributed by atoms with Gasteiger partial charge >= 0.3 is 0 Å². The third kappa shape index (κ3) is 8.56. The molecule has 170 valence electrons. The van der Waals surface area contributed by atoms with Gasteiger partial charge in [-0.15, -0.1) is 0 Å². The zero-order chi connectivity index (χ0) is 23.2. The average molecular weight is 431 g/mol. The first-order chi connectivity index (χ1) is 14.4. The van der Waals surface area contributed by atoms with Gasteiger partial charge in [0.15, 0.2) is 0 Å². The second kappa shape index (κ2) is 10.6. The number of furan rings is 1. The summed E-state index contributed by atoms with van der Waals surface area (Å²) in [5.74, 6) is 1.18. The normalized spacial score (nSPS) is 11.6. The van der Waals surface area contributed by atoms with E-state index in [4.69, 9.17) is 4.42 Å². The monoisotopic (exact) mass is 430 g/mol. The molecule has 2 amide bonds. The number of hydrogen-bond acceptors (Lipinski definition) is 3. The van der Waals surface area contributed by atoms with Gasteiger partial charge in [0.2, 0.25) is 11.8 Å². The summed E-state index contributed by atoms with van der Waals surface area (Å²) in [6.45, 7) is 13.1. The minimum atomic E-state index is -0.320. The van der Waals surface area contributed by atoms with Crippen LogP contribution in [0.4, 0.5) is 4.39 Å². The molecule has 0 radical (unpaired) electrons. The van der Waals surface area contributed by atoms with Crippen LogP contribution in [-0.2, 0) is 22.7 Å². The number of aryl methyl sites for hydroxylation is 1. The van der Waals surface area contributed by atoms with Crippen molar-refractivity contribution < 1.29 is 18.4 Å². The van der Waals surface area contributed by atoms with Crippen molar-refractivity contribution in [3.63, 3.8) is 0 Å². The van der Waals surface area contributed by atoms with Crippen molar-refractivity contribution in [1.82, 2.24) is 9.80 Å². The minimum absolute atomic E-state index is 0.00792. The van der Waals surface area contributed by atoms with Crippen LogP contribution in [0.25, 0.3) is 0 Å². The summed E-state index contributed by atoms with van der Waals surface area (Å²) >= 11 is 0. The van der Waals surface area contributed by atoms with Crippen molar-refractivity contribution in [3.8, 4) is 0 Å². The fourth-order valence-corrected chi connectivity index (χ4v) is 3.32. The van der Waals surface area contributed by atoms with Crippen LogP contribution in [0.5, 0.6) is 0 Å². The lowest BCUT2D eigenvalue weighted by Crippen LogP contribution is -2.44. The number of nitrogens with zero attached hydrogens (tertiary/aromatic N) is 2. The number of benzene rings is 1. The number of halogens is 1. The van der Waals surface area contributed by atoms with E-state index in [9.17, 15) is 14.0 Å². The summed E-state index contributed by atoms with van der Waals surface area (Å²) < 4.78 is 19.0. The minimum Gasteiger partial charge on any atom is -0.464 e. The summed E-state index contributed by atoms with van der Waals surface area (Å²) in [5, 5.41) is 0. The van der Waals surface area contributed by atoms with Gasteiger partial charge in [-0.3, -0.25) is 9.59 Å². The Bertz CT molecular complexity index is 866. The highest BCUT2D eigenvalue weighted by atomic mass is 19.1. The molecule has 31 heavy (non-hydrogen) atoms. The van der Waals surface area contributed by atoms with E-state index >= 15 is 0 Å². The molecule has 0 atom stereocenters. The summed E-state index contributed by atoms with van der Waals surface area (Å²) in [6, 6.07) is 9.80. The van der Waals surface area contributed by atoms with Crippen molar-refractivity contribution in [3.05, 3.63) is 59.3 Å². The molecule has 5 nitrogen and oxygen atoms in total. The van der Waals surface area contributed by atoms with Crippen LogP contribution in [0, 0.1) is 24.1 Å². The highest BCUT2D eigenvalue weighted by molar-refractivity contribution is 5.85. The summed E-state index contributed by atoms with van der Waals surface area (Å²) in [5.41, 5.74) is 0.656. The Morgan fingerprint density at radius 3 is 2.13 bits per heavy atom. The Morgan fingerprint density at radius 1 is 0.968 bits per heavy atom. The third-order valence-corrected chi connectivity index (χ3v) is 4.73. The van der Waals surface area contributed by atoms with Crippen LogP contribution < -0.4 is 0 Å². The maximum Gasteiger partial charge on any atom is 0.242 e. The number of rotatable bonds is 9. The quantitative estimate of drug-likeness (QED) is 0.551. The molecule has 0 aliphatic carbocycles. The van der Waals surface area contributed by atoms with Gasteiger partial charge in [-0.05, 0) is 48.1 Å². The predicted molar refractivity (Wildman–Crippen MR) is 120 cm³/mol. The number of carbonyl (C=O) groups is 2. The Labute approximate surface area is 185 Å². The predicted octanol–water partition coefficient (Wildman–Crippen LogP) is 5.18. The summed E-state index contributed by atoms with van der Waals surface area (Å²) in [7, 11) is 0. The first-order valence-electron chi connectivity index (χ1n) is 10.8. The molecular weight excluding hydrogens is 395 g/mol. The summed E-state index contributed by atoms with van der Waals surface area (Å²) in [6.07, 6.45) is 0.377. The topological polar surface area (TPSA) is 53.8 Å². The van der Waals surface area contributed by atoms with Crippen LogP contribution in [0.1, 0.15) is 58.1 Å². The van der Waals surface area contributed by atoms with Gasteiger partial charge in [-0.2, -0.15) is 0 Å². The van der Waals surface area contributed by atoms with E-state index in [1.165, 1.54) is 12.1 Å². The van der Waals surface area contributed by atoms with Gasteiger partial charge in [-0.1, -0.05) is 46.8 Å². The van der Waals surface area contributed by atoms with Crippen molar-refractivity contribution >= 4 is 11.8 Å². The average Bonchev–Trinajstić information content (AvgIpc) is 3.05. The Hall–Kier alpha value is -2.63. The standard InChI is InChI=1S/C25H35FN2O3/c1-18(2)14-27(23(29)13-25(4,5)6)17-24(30)28(16-22-12-7-19(3)31-22)15-20-8-10-21(26)11-9-20/h7-12,18H,13-17H2,1-6H3. The van der Waals surface area contributed by atoms with E-state index in [2.05, 4.69) is 0 Å². The molecular formula is C25H35FN2O3. The van der Waals surface area contributed by atoms with E-state index in [0.717, 1.165) is 11.3 Å². The van der Waals surface area contributed by atoms with Gasteiger partial charge in [0.25, 0.3) is 0 Å². The van der Waals surface area contributed by atoms with E-state index < -0.39 is 0 Å². The van der Waals surface area contributed by atoms with Crippen LogP contribution in [0.2, 0.25) is 0 Å². The first-order valence-corrected chi connectivity index (χ1v) is 10.8. The van der Waals surface area contributed by atoms with E-state index in [1.807, 2.05) is 53.7 Å². The number of carbonyl (C=O) groups excluding carboxylic acids is 2. The molecule has 0 unspecified atom stereocenters. The lowest BCUT2D eigenvalue weighted by molar-refractivity contribution is -0.142. The third-order valence-electron chi connectivity index (χ3n) is 4.73. The zero-order valence-electron chi connectivity index (χ0n) is 19.6. The van der Waals surface area contributed by atoms with E-state index in [1.54, 1.807) is 21.9 Å². The lowest BCUT2D eigenvalue weighted by atomic mass is 9.91. The molecule has 0 fully saturated rings. The van der Waals surface area contributed by atoms with Gasteiger partial charge in [-0.25, -0.2) is 4.39 Å². The highest BCUT2D eigenvalue weighted by Crippen LogP contribution is 2.21. The molecule has 1 aromatic carbocycles. The maximum absolute atomic E-state index is 13.3. The highest BCUT2D eigenvalue weighted by Gasteiger charge is 2.26. The zero-order valence-corrected chi connectivity index (χ0v) is 19.6. The molecule has 0 aliphatic heterocycles. The van der Waals surface area contributed by atoms with Crippen LogP contribution in [0.15, 0.2) is 40.8 Å². The molecule has 2 aromatic rings. The molecule has 0 aliphatic rings. The summed E-state index contributed by atoms with van der Waals surface area (Å²) in [4.78, 5) is 29.5. The van der Waals surface area contributed by atoms with Gasteiger partial charge < -0.3 is 14.2 Å². The molecule has 0 spiro atoms. The van der Waals surface area contributed by atoms with Gasteiger partial charge in [0.05, 0.1) is 13.1 Å². The number of amides is 2. The maximum atomic E-state index is 13.3. The molecule has 0 saturated heterocycles. The molecule has 6 heteroatoms. The molecule has 0 bridgehead atoms. The molecule has 2 rings (SSSR count). The largest absolute Gasteiger partial charge is 0.464 e. The van der Waals surface area contributed by atoms with Crippen molar-refractivity contribution in [1.29, 1.82) is 0 Å². The molecule has 1 aromatic heterocycles. The van der Waals surface area contributed by atoms with Gasteiger partial charge in [0, 0.05) is 19.5 Å². The van der Waals surface area contributed by atoms with Crippen LogP contribution in [-0.4, -0.2) is 34.7 Å². The Balaban J connectivity index is 2.21. The fraction of sp³-hybridized carbons (Fsp3) is 0.520. The molecule has 0 N–H and O–H groups in total. The van der Waals surface area contributed by atoms with Crippen molar-refractivity contribution in [2.75, 3.05) is 13.1 Å². The second-order valence-corrected chi connectivity index (χ2v) is 9.79. The fourth-order valence-electron chi connectivity index (χ4n) is 3.32.